The Morgan fingerprint density at radius 1 is 0.676 bits per heavy atom. The van der Waals surface area contributed by atoms with Crippen molar-refractivity contribution < 1.29 is 4.79 Å². The molecule has 3 heterocycles. The van der Waals surface area contributed by atoms with Crippen LogP contribution in [0.1, 0.15) is 20.8 Å². The van der Waals surface area contributed by atoms with Crippen LogP contribution in [0, 0.1) is 34.0 Å². The van der Waals surface area contributed by atoms with Gasteiger partial charge in [0.15, 0.2) is 5.78 Å². The average Bonchev–Trinajstić information content (AvgIpc) is 3.72. The van der Waals surface area contributed by atoms with Crippen LogP contribution in [0.2, 0.25) is 0 Å². The molecule has 0 aliphatic rings. The Bertz CT molecular complexity index is 1740. The lowest BCUT2D eigenvalue weighted by atomic mass is 10.0. The second-order valence-corrected chi connectivity index (χ2v) is 9.94. The van der Waals surface area contributed by atoms with Gasteiger partial charge in [0.1, 0.15) is 23.8 Å². The summed E-state index contributed by atoms with van der Waals surface area (Å²) in [7, 11) is 0. The Morgan fingerprint density at radius 2 is 1.35 bits per heavy atom. The Labute approximate surface area is 221 Å². The molecular formula is C30H16N4OS2. The summed E-state index contributed by atoms with van der Waals surface area (Å²) in [6, 6.07) is 34.1. The van der Waals surface area contributed by atoms with Gasteiger partial charge in [-0.05, 0) is 60.0 Å². The normalized spacial score (nSPS) is 10.2. The van der Waals surface area contributed by atoms with Crippen LogP contribution in [0.3, 0.4) is 0 Å². The third kappa shape index (κ3) is 4.51. The number of rotatable bonds is 6. The lowest BCUT2D eigenvalue weighted by molar-refractivity contribution is 0.103. The maximum atomic E-state index is 12.9. The molecule has 37 heavy (non-hydrogen) atoms. The van der Waals surface area contributed by atoms with Gasteiger partial charge in [-0.1, -0.05) is 36.4 Å². The highest BCUT2D eigenvalue weighted by Crippen LogP contribution is 2.39. The standard InChI is InChI=1S/C30H16N4OS2/c31-17-22(18-32)24(19-33)27-14-15-29(37-27)26-13-12-25(28-7-4-16-36-28)34(26)23-10-8-21(9-11-23)30(35)20-5-2-1-3-6-20/h1-16H. The topological polar surface area (TPSA) is 93.4 Å². The fourth-order valence-electron chi connectivity index (χ4n) is 4.02. The number of benzene rings is 2. The molecule has 0 saturated carbocycles. The van der Waals surface area contributed by atoms with Crippen LogP contribution in [0.25, 0.3) is 32.4 Å². The van der Waals surface area contributed by atoms with Crippen molar-refractivity contribution in [2.45, 2.75) is 0 Å². The molecule has 174 valence electrons. The molecule has 7 heteroatoms. The van der Waals surface area contributed by atoms with E-state index in [1.807, 2.05) is 90.3 Å². The third-order valence-electron chi connectivity index (χ3n) is 5.77. The number of hydrogen-bond acceptors (Lipinski definition) is 6. The second kappa shape index (κ2) is 10.3. The van der Waals surface area contributed by atoms with Crippen molar-refractivity contribution in [2.24, 2.45) is 0 Å². The fraction of sp³-hybridized carbons (Fsp3) is 0. The van der Waals surface area contributed by atoms with E-state index in [0.29, 0.717) is 16.0 Å². The molecule has 5 nitrogen and oxygen atoms in total. The quantitative estimate of drug-likeness (QED) is 0.174. The number of thiophene rings is 2. The molecular weight excluding hydrogens is 496 g/mol. The van der Waals surface area contributed by atoms with E-state index in [9.17, 15) is 20.6 Å². The summed E-state index contributed by atoms with van der Waals surface area (Å²) in [4.78, 5) is 15.4. The zero-order valence-electron chi connectivity index (χ0n) is 19.3. The number of ketones is 1. The largest absolute Gasteiger partial charge is 0.308 e. The van der Waals surface area contributed by atoms with Crippen LogP contribution in [-0.4, -0.2) is 10.4 Å². The van der Waals surface area contributed by atoms with Gasteiger partial charge < -0.3 is 4.57 Å². The van der Waals surface area contributed by atoms with Gasteiger partial charge in [-0.2, -0.15) is 15.8 Å². The Balaban J connectivity index is 1.60. The summed E-state index contributed by atoms with van der Waals surface area (Å²) in [5.74, 6) is -0.0390. The van der Waals surface area contributed by atoms with E-state index >= 15 is 0 Å². The summed E-state index contributed by atoms with van der Waals surface area (Å²) in [5, 5.41) is 30.1. The SMILES string of the molecule is N#CC(C#N)=C(C#N)c1ccc(-c2ccc(-c3cccs3)n2-c2ccc(C(=O)c3ccccc3)cc2)s1. The molecule has 0 aliphatic heterocycles. The Hall–Kier alpha value is -5.00. The number of carbonyl (C=O) groups excluding carboxylic acids is 1. The number of aromatic nitrogens is 1. The smallest absolute Gasteiger partial charge is 0.193 e. The van der Waals surface area contributed by atoms with Crippen LogP contribution >= 0.6 is 22.7 Å². The predicted octanol–water partition coefficient (Wildman–Crippen LogP) is 7.49. The van der Waals surface area contributed by atoms with Gasteiger partial charge in [0, 0.05) is 21.7 Å². The van der Waals surface area contributed by atoms with E-state index in [-0.39, 0.29) is 16.9 Å². The van der Waals surface area contributed by atoms with Crippen LogP contribution < -0.4 is 0 Å². The van der Waals surface area contributed by atoms with Gasteiger partial charge in [0.05, 0.1) is 26.7 Å². The van der Waals surface area contributed by atoms with Crippen LogP contribution in [0.5, 0.6) is 0 Å². The molecule has 2 aromatic carbocycles. The van der Waals surface area contributed by atoms with Gasteiger partial charge in [0.25, 0.3) is 0 Å². The van der Waals surface area contributed by atoms with Crippen molar-refractivity contribution >= 4 is 34.0 Å². The van der Waals surface area contributed by atoms with Crippen LogP contribution in [0.15, 0.2) is 102 Å². The second-order valence-electron chi connectivity index (χ2n) is 7.91. The monoisotopic (exact) mass is 512 g/mol. The van der Waals surface area contributed by atoms with Gasteiger partial charge in [0.2, 0.25) is 0 Å². The zero-order valence-corrected chi connectivity index (χ0v) is 20.9. The van der Waals surface area contributed by atoms with Crippen LogP contribution in [0.4, 0.5) is 0 Å². The molecule has 0 unspecified atom stereocenters. The molecule has 5 rings (SSSR count). The number of hydrogen-bond donors (Lipinski definition) is 0. The van der Waals surface area contributed by atoms with E-state index in [2.05, 4.69) is 10.6 Å². The zero-order chi connectivity index (χ0) is 25.8. The minimum atomic E-state index is -0.204. The fourth-order valence-corrected chi connectivity index (χ4v) is 5.79. The first-order valence-electron chi connectivity index (χ1n) is 11.2. The Morgan fingerprint density at radius 3 is 1.97 bits per heavy atom. The number of nitriles is 3. The summed E-state index contributed by atoms with van der Waals surface area (Å²) in [6.07, 6.45) is 0. The third-order valence-corrected chi connectivity index (χ3v) is 7.79. The maximum Gasteiger partial charge on any atom is 0.193 e. The summed E-state index contributed by atoms with van der Waals surface area (Å²) >= 11 is 2.98. The highest BCUT2D eigenvalue weighted by atomic mass is 32.1. The number of carbonyl (C=O) groups is 1. The van der Waals surface area contributed by atoms with Gasteiger partial charge in [-0.15, -0.1) is 22.7 Å². The predicted molar refractivity (Wildman–Crippen MR) is 146 cm³/mol. The van der Waals surface area contributed by atoms with E-state index < -0.39 is 0 Å². The van der Waals surface area contributed by atoms with Gasteiger partial charge in [-0.25, -0.2) is 0 Å². The van der Waals surface area contributed by atoms with E-state index in [1.54, 1.807) is 29.5 Å². The summed E-state index contributed by atoms with van der Waals surface area (Å²) in [6.45, 7) is 0. The van der Waals surface area contributed by atoms with Crippen molar-refractivity contribution in [3.8, 4) is 45.0 Å². The van der Waals surface area contributed by atoms with E-state index in [0.717, 1.165) is 26.8 Å². The molecule has 0 amide bonds. The summed E-state index contributed by atoms with van der Waals surface area (Å²) < 4.78 is 2.11. The number of nitrogens with zero attached hydrogens (tertiary/aromatic N) is 4. The molecule has 5 aromatic rings. The molecule has 0 radical (unpaired) electrons. The minimum absolute atomic E-state index is 0.0390. The average molecular weight is 513 g/mol. The maximum absolute atomic E-state index is 12.9. The first-order chi connectivity index (χ1) is 18.1. The molecule has 0 N–H and O–H groups in total. The highest BCUT2D eigenvalue weighted by molar-refractivity contribution is 7.16. The van der Waals surface area contributed by atoms with Gasteiger partial charge in [-0.3, -0.25) is 4.79 Å². The molecule has 0 fully saturated rings. The summed E-state index contributed by atoms with van der Waals surface area (Å²) in [5.41, 5.74) is 3.88. The van der Waals surface area contributed by atoms with Crippen molar-refractivity contribution in [3.63, 3.8) is 0 Å². The van der Waals surface area contributed by atoms with Crippen molar-refractivity contribution in [1.29, 1.82) is 15.8 Å². The molecule has 0 atom stereocenters. The van der Waals surface area contributed by atoms with E-state index in [4.69, 9.17) is 0 Å². The number of allylic oxidation sites excluding steroid dienone is 2. The van der Waals surface area contributed by atoms with Gasteiger partial charge >= 0.3 is 0 Å². The van der Waals surface area contributed by atoms with Crippen LogP contribution in [-0.2, 0) is 0 Å². The highest BCUT2D eigenvalue weighted by Gasteiger charge is 2.18. The lowest BCUT2D eigenvalue weighted by Crippen LogP contribution is -2.02. The Kier molecular flexibility index (Phi) is 6.62. The first-order valence-corrected chi connectivity index (χ1v) is 12.8. The molecule has 0 bridgehead atoms. The minimum Gasteiger partial charge on any atom is -0.308 e. The molecule has 0 spiro atoms. The van der Waals surface area contributed by atoms with Crippen molar-refractivity contribution in [1.82, 2.24) is 4.57 Å². The molecule has 0 aliphatic carbocycles. The lowest BCUT2D eigenvalue weighted by Gasteiger charge is -2.13. The molecule has 0 saturated heterocycles. The van der Waals surface area contributed by atoms with Crippen molar-refractivity contribution in [2.75, 3.05) is 0 Å². The van der Waals surface area contributed by atoms with Crippen molar-refractivity contribution in [3.05, 3.63) is 118 Å². The molecule has 3 aromatic heterocycles. The van der Waals surface area contributed by atoms with E-state index in [1.165, 1.54) is 11.3 Å². The first kappa shape index (κ1) is 23.7.